The molecule has 0 heterocycles. The number of anilines is 1. The van der Waals surface area contributed by atoms with E-state index in [-0.39, 0.29) is 11.2 Å². The second-order valence-electron chi connectivity index (χ2n) is 8.38. The van der Waals surface area contributed by atoms with Crippen LogP contribution in [0, 0.1) is 6.92 Å². The molecular weight excluding hydrogens is 402 g/mol. The number of ketones is 1. The molecule has 1 atom stereocenters. The van der Waals surface area contributed by atoms with Gasteiger partial charge in [-0.1, -0.05) is 63.2 Å². The number of carbonyl (C=O) groups excluding carboxylic acids is 2. The Morgan fingerprint density at radius 2 is 1.60 bits per heavy atom. The Bertz CT molecular complexity index is 1020. The number of Topliss-reactive ketones (excluding diaryl/α,β-unsaturated/α-hetero) is 1. The number of carbonyl (C=O) groups is 2. The third kappa shape index (κ3) is 5.92. The van der Waals surface area contributed by atoms with Gasteiger partial charge in [-0.25, -0.2) is 8.42 Å². The molecule has 0 amide bonds. The van der Waals surface area contributed by atoms with Crippen LogP contribution < -0.4 is 4.31 Å². The van der Waals surface area contributed by atoms with E-state index in [1.165, 1.54) is 6.92 Å². The predicted octanol–water partition coefficient (Wildman–Crippen LogP) is 3.87. The molecule has 6 nitrogen and oxygen atoms in total. The molecule has 0 aromatic heterocycles. The first-order chi connectivity index (χ1) is 13.8. The lowest BCUT2D eigenvalue weighted by Gasteiger charge is -2.24. The van der Waals surface area contributed by atoms with Crippen LogP contribution in [-0.4, -0.2) is 39.1 Å². The molecule has 0 saturated heterocycles. The van der Waals surface area contributed by atoms with E-state index in [1.807, 2.05) is 12.1 Å². The fourth-order valence-corrected chi connectivity index (χ4v) is 3.90. The molecule has 1 unspecified atom stereocenters. The van der Waals surface area contributed by atoms with Crippen molar-refractivity contribution in [2.75, 3.05) is 17.1 Å². The van der Waals surface area contributed by atoms with E-state index >= 15 is 0 Å². The molecule has 0 radical (unpaired) electrons. The smallest absolute Gasteiger partial charge is 0.327 e. The van der Waals surface area contributed by atoms with Gasteiger partial charge in [0.05, 0.1) is 11.9 Å². The Labute approximate surface area is 178 Å². The minimum atomic E-state index is -3.71. The average Bonchev–Trinajstić information content (AvgIpc) is 2.64. The van der Waals surface area contributed by atoms with E-state index in [4.69, 9.17) is 4.74 Å². The summed E-state index contributed by atoms with van der Waals surface area (Å²) in [7, 11) is -3.71. The zero-order valence-corrected chi connectivity index (χ0v) is 19.1. The molecular formula is C23H29NO5S. The van der Waals surface area contributed by atoms with Crippen molar-refractivity contribution >= 4 is 27.5 Å². The second kappa shape index (κ2) is 9.00. The summed E-state index contributed by atoms with van der Waals surface area (Å²) in [6.45, 7) is 8.97. The SMILES string of the molecule is Cc1ccccc1N(CC(=O)OC(C)C(=O)c1ccc(C(C)(C)C)cc1)S(C)(=O)=O. The van der Waals surface area contributed by atoms with Gasteiger partial charge in [0.1, 0.15) is 6.54 Å². The summed E-state index contributed by atoms with van der Waals surface area (Å²) < 4.78 is 30.7. The quantitative estimate of drug-likeness (QED) is 0.491. The van der Waals surface area contributed by atoms with E-state index in [2.05, 4.69) is 20.8 Å². The Hall–Kier alpha value is -2.67. The van der Waals surface area contributed by atoms with Gasteiger partial charge in [-0.3, -0.25) is 13.9 Å². The molecule has 0 aliphatic heterocycles. The zero-order chi connectivity index (χ0) is 22.7. The van der Waals surface area contributed by atoms with Crippen LogP contribution in [0.5, 0.6) is 0 Å². The van der Waals surface area contributed by atoms with E-state index in [9.17, 15) is 18.0 Å². The number of ether oxygens (including phenoxy) is 1. The number of benzene rings is 2. The van der Waals surface area contributed by atoms with Crippen LogP contribution in [0.3, 0.4) is 0 Å². The van der Waals surface area contributed by atoms with Gasteiger partial charge in [0.15, 0.2) is 6.10 Å². The molecule has 162 valence electrons. The molecule has 2 aromatic rings. The molecule has 0 bridgehead atoms. The number of esters is 1. The van der Waals surface area contributed by atoms with E-state index in [0.29, 0.717) is 16.8 Å². The molecule has 2 aromatic carbocycles. The van der Waals surface area contributed by atoms with E-state index in [1.54, 1.807) is 43.3 Å². The van der Waals surface area contributed by atoms with Crippen LogP contribution in [0.15, 0.2) is 48.5 Å². The minimum Gasteiger partial charge on any atom is -0.453 e. The largest absolute Gasteiger partial charge is 0.453 e. The molecule has 0 saturated carbocycles. The Balaban J connectivity index is 2.12. The first-order valence-corrected chi connectivity index (χ1v) is 11.5. The predicted molar refractivity (Wildman–Crippen MR) is 118 cm³/mol. The fourth-order valence-electron chi connectivity index (χ4n) is 3.00. The molecule has 0 N–H and O–H groups in total. The fraction of sp³-hybridized carbons (Fsp3) is 0.391. The number of aryl methyl sites for hydroxylation is 1. The molecule has 2 rings (SSSR count). The number of nitrogens with zero attached hydrogens (tertiary/aromatic N) is 1. The number of hydrogen-bond acceptors (Lipinski definition) is 5. The maximum Gasteiger partial charge on any atom is 0.327 e. The zero-order valence-electron chi connectivity index (χ0n) is 18.3. The highest BCUT2D eigenvalue weighted by Crippen LogP contribution is 2.24. The van der Waals surface area contributed by atoms with E-state index < -0.39 is 28.6 Å². The summed E-state index contributed by atoms with van der Waals surface area (Å²) in [6.07, 6.45) is -0.00536. The van der Waals surface area contributed by atoms with Gasteiger partial charge in [-0.05, 0) is 36.5 Å². The minimum absolute atomic E-state index is 0.0374. The highest BCUT2D eigenvalue weighted by molar-refractivity contribution is 7.92. The van der Waals surface area contributed by atoms with Crippen molar-refractivity contribution in [2.45, 2.75) is 46.1 Å². The van der Waals surface area contributed by atoms with Gasteiger partial charge < -0.3 is 4.74 Å². The van der Waals surface area contributed by atoms with Gasteiger partial charge in [-0.15, -0.1) is 0 Å². The van der Waals surface area contributed by atoms with Gasteiger partial charge in [0.2, 0.25) is 15.8 Å². The highest BCUT2D eigenvalue weighted by Gasteiger charge is 2.26. The average molecular weight is 432 g/mol. The van der Waals surface area contributed by atoms with Crippen LogP contribution in [0.1, 0.15) is 49.2 Å². The number of hydrogen-bond donors (Lipinski definition) is 0. The van der Waals surface area contributed by atoms with Crippen molar-refractivity contribution < 1.29 is 22.7 Å². The van der Waals surface area contributed by atoms with Crippen LogP contribution in [0.4, 0.5) is 5.69 Å². The summed E-state index contributed by atoms with van der Waals surface area (Å²) >= 11 is 0. The molecule has 0 spiro atoms. The van der Waals surface area contributed by atoms with Gasteiger partial charge in [0, 0.05) is 5.56 Å². The molecule has 0 aliphatic carbocycles. The summed E-state index contributed by atoms with van der Waals surface area (Å²) in [5, 5.41) is 0. The molecule has 0 fully saturated rings. The van der Waals surface area contributed by atoms with Crippen molar-refractivity contribution in [3.05, 3.63) is 65.2 Å². The van der Waals surface area contributed by atoms with Crippen molar-refractivity contribution in [3.8, 4) is 0 Å². The van der Waals surface area contributed by atoms with Crippen LogP contribution in [0.2, 0.25) is 0 Å². The molecule has 30 heavy (non-hydrogen) atoms. The van der Waals surface area contributed by atoms with Gasteiger partial charge in [0.25, 0.3) is 0 Å². The topological polar surface area (TPSA) is 80.8 Å². The van der Waals surface area contributed by atoms with Crippen LogP contribution >= 0.6 is 0 Å². The first-order valence-electron chi connectivity index (χ1n) is 9.68. The standard InChI is InChI=1S/C23H29NO5S/c1-16-9-7-8-10-20(16)24(30(6,27)28)15-21(25)29-17(2)22(26)18-11-13-19(14-12-18)23(3,4)5/h7-14,17H,15H2,1-6H3. The Kier molecular flexibility index (Phi) is 7.08. The normalized spacial score (nSPS) is 12.9. The van der Waals surface area contributed by atoms with Crippen molar-refractivity contribution in [2.24, 2.45) is 0 Å². The van der Waals surface area contributed by atoms with Gasteiger partial charge in [-0.2, -0.15) is 0 Å². The monoisotopic (exact) mass is 431 g/mol. The highest BCUT2D eigenvalue weighted by atomic mass is 32.2. The third-order valence-corrected chi connectivity index (χ3v) is 5.90. The summed E-state index contributed by atoms with van der Waals surface area (Å²) in [5.41, 5.74) is 2.59. The summed E-state index contributed by atoms with van der Waals surface area (Å²) in [5.74, 6) is -1.14. The number of rotatable bonds is 7. The third-order valence-electron chi connectivity index (χ3n) is 4.77. The molecule has 7 heteroatoms. The van der Waals surface area contributed by atoms with Crippen LogP contribution in [0.25, 0.3) is 0 Å². The number of sulfonamides is 1. The lowest BCUT2D eigenvalue weighted by atomic mass is 9.86. The van der Waals surface area contributed by atoms with Crippen molar-refractivity contribution in [3.63, 3.8) is 0 Å². The second-order valence-corrected chi connectivity index (χ2v) is 10.3. The maximum atomic E-state index is 12.6. The maximum absolute atomic E-state index is 12.6. The summed E-state index contributed by atoms with van der Waals surface area (Å²) in [6, 6.07) is 14.0. The summed E-state index contributed by atoms with van der Waals surface area (Å²) in [4.78, 5) is 25.1. The van der Waals surface area contributed by atoms with Gasteiger partial charge >= 0.3 is 5.97 Å². The lowest BCUT2D eigenvalue weighted by Crippen LogP contribution is -2.38. The van der Waals surface area contributed by atoms with E-state index in [0.717, 1.165) is 16.1 Å². The Morgan fingerprint density at radius 3 is 2.10 bits per heavy atom. The number of para-hydroxylation sites is 1. The lowest BCUT2D eigenvalue weighted by molar-refractivity contribution is -0.144. The Morgan fingerprint density at radius 1 is 1.03 bits per heavy atom. The van der Waals surface area contributed by atoms with Crippen molar-refractivity contribution in [1.82, 2.24) is 0 Å². The van der Waals surface area contributed by atoms with Crippen LogP contribution in [-0.2, 0) is 25.0 Å². The van der Waals surface area contributed by atoms with Crippen molar-refractivity contribution in [1.29, 1.82) is 0 Å². The first kappa shape index (κ1) is 23.6. The molecule has 0 aliphatic rings.